The first-order chi connectivity index (χ1) is 11.3. The first-order valence-electron chi connectivity index (χ1n) is 7.66. The number of nitrogens with zero attached hydrogens (tertiary/aromatic N) is 2. The summed E-state index contributed by atoms with van der Waals surface area (Å²) in [5.41, 5.74) is 2.05. The lowest BCUT2D eigenvalue weighted by atomic mass is 10.1. The number of carbonyl (C=O) groups is 1. The van der Waals surface area contributed by atoms with Gasteiger partial charge in [0.1, 0.15) is 0 Å². The van der Waals surface area contributed by atoms with E-state index in [0.29, 0.717) is 26.1 Å². The van der Waals surface area contributed by atoms with Crippen LogP contribution in [0.2, 0.25) is 0 Å². The third-order valence-corrected chi connectivity index (χ3v) is 3.52. The van der Waals surface area contributed by atoms with E-state index in [1.807, 2.05) is 36.5 Å². The molecule has 1 aromatic heterocycles. The molecule has 0 atom stereocenters. The van der Waals surface area contributed by atoms with Crippen LogP contribution < -0.4 is 5.32 Å². The van der Waals surface area contributed by atoms with Gasteiger partial charge >= 0.3 is 0 Å². The standard InChI is InChI=1S/C18H21N3O2/c1-23-13-5-11-20-18(22)9-8-15-14-21(12-4-10-19)17-7-3-2-6-16(15)17/h2-3,6-9,14H,4-5,11-13H2,1H3,(H,20,22)/b9-8+. The van der Waals surface area contributed by atoms with Gasteiger partial charge in [0, 0.05) is 55.5 Å². The molecule has 0 aliphatic heterocycles. The summed E-state index contributed by atoms with van der Waals surface area (Å²) in [6.45, 7) is 1.88. The number of hydrogen-bond acceptors (Lipinski definition) is 3. The summed E-state index contributed by atoms with van der Waals surface area (Å²) in [6.07, 6.45) is 6.60. The molecule has 120 valence electrons. The molecule has 5 nitrogen and oxygen atoms in total. The summed E-state index contributed by atoms with van der Waals surface area (Å²) in [6, 6.07) is 10.2. The van der Waals surface area contributed by atoms with Crippen molar-refractivity contribution in [3.05, 3.63) is 42.1 Å². The molecule has 0 radical (unpaired) electrons. The van der Waals surface area contributed by atoms with E-state index < -0.39 is 0 Å². The van der Waals surface area contributed by atoms with Crippen LogP contribution >= 0.6 is 0 Å². The van der Waals surface area contributed by atoms with Crippen LogP contribution in [0, 0.1) is 11.3 Å². The lowest BCUT2D eigenvalue weighted by molar-refractivity contribution is -0.116. The average Bonchev–Trinajstić information content (AvgIpc) is 2.93. The number of hydrogen-bond donors (Lipinski definition) is 1. The number of benzene rings is 1. The maximum Gasteiger partial charge on any atom is 0.244 e. The zero-order valence-electron chi connectivity index (χ0n) is 13.3. The van der Waals surface area contributed by atoms with Crippen molar-refractivity contribution >= 4 is 22.9 Å². The van der Waals surface area contributed by atoms with E-state index >= 15 is 0 Å². The summed E-state index contributed by atoms with van der Waals surface area (Å²) in [5.74, 6) is -0.116. The second-order valence-electron chi connectivity index (χ2n) is 5.17. The molecule has 1 aromatic carbocycles. The highest BCUT2D eigenvalue weighted by Gasteiger charge is 2.06. The van der Waals surface area contributed by atoms with E-state index in [1.165, 1.54) is 0 Å². The Kier molecular flexibility index (Phi) is 6.40. The third kappa shape index (κ3) is 4.70. The minimum absolute atomic E-state index is 0.116. The molecular formula is C18H21N3O2. The molecule has 1 heterocycles. The smallest absolute Gasteiger partial charge is 0.244 e. The number of nitriles is 1. The van der Waals surface area contributed by atoms with Crippen LogP contribution in [0.15, 0.2) is 36.5 Å². The maximum absolute atomic E-state index is 11.8. The highest BCUT2D eigenvalue weighted by molar-refractivity contribution is 5.96. The van der Waals surface area contributed by atoms with Gasteiger partial charge in [-0.25, -0.2) is 0 Å². The zero-order valence-corrected chi connectivity index (χ0v) is 13.3. The van der Waals surface area contributed by atoms with Crippen LogP contribution in [0.3, 0.4) is 0 Å². The van der Waals surface area contributed by atoms with Crippen molar-refractivity contribution in [3.63, 3.8) is 0 Å². The number of rotatable bonds is 8. The SMILES string of the molecule is COCCCNC(=O)/C=C/c1cn(CCC#N)c2ccccc12. The minimum Gasteiger partial charge on any atom is -0.385 e. The summed E-state index contributed by atoms with van der Waals surface area (Å²) < 4.78 is 6.99. The minimum atomic E-state index is -0.116. The number of aromatic nitrogens is 1. The van der Waals surface area contributed by atoms with Crippen molar-refractivity contribution in [3.8, 4) is 6.07 Å². The molecule has 0 unspecified atom stereocenters. The topological polar surface area (TPSA) is 67.0 Å². The fraction of sp³-hybridized carbons (Fsp3) is 0.333. The summed E-state index contributed by atoms with van der Waals surface area (Å²) in [5, 5.41) is 12.7. The fourth-order valence-corrected chi connectivity index (χ4v) is 2.42. The molecule has 0 fully saturated rings. The van der Waals surface area contributed by atoms with Gasteiger partial charge in [-0.1, -0.05) is 18.2 Å². The normalized spacial score (nSPS) is 11.0. The van der Waals surface area contributed by atoms with Gasteiger partial charge in [0.05, 0.1) is 12.5 Å². The number of para-hydroxylation sites is 1. The Morgan fingerprint density at radius 2 is 2.26 bits per heavy atom. The van der Waals surface area contributed by atoms with Crippen molar-refractivity contribution in [1.29, 1.82) is 5.26 Å². The van der Waals surface area contributed by atoms with Crippen LogP contribution in [-0.4, -0.2) is 30.7 Å². The predicted molar refractivity (Wildman–Crippen MR) is 90.7 cm³/mol. The van der Waals surface area contributed by atoms with Crippen molar-refractivity contribution in [1.82, 2.24) is 9.88 Å². The van der Waals surface area contributed by atoms with E-state index in [-0.39, 0.29) is 5.91 Å². The molecule has 0 aliphatic rings. The molecule has 5 heteroatoms. The molecule has 1 amide bonds. The molecule has 0 aliphatic carbocycles. The zero-order chi connectivity index (χ0) is 16.5. The molecule has 0 saturated carbocycles. The van der Waals surface area contributed by atoms with Crippen LogP contribution in [0.5, 0.6) is 0 Å². The fourth-order valence-electron chi connectivity index (χ4n) is 2.42. The van der Waals surface area contributed by atoms with Crippen LogP contribution in [0.4, 0.5) is 0 Å². The molecule has 23 heavy (non-hydrogen) atoms. The van der Waals surface area contributed by atoms with Crippen LogP contribution in [-0.2, 0) is 16.1 Å². The highest BCUT2D eigenvalue weighted by atomic mass is 16.5. The molecule has 0 spiro atoms. The Morgan fingerprint density at radius 3 is 3.04 bits per heavy atom. The van der Waals surface area contributed by atoms with Crippen molar-refractivity contribution in [2.45, 2.75) is 19.4 Å². The molecule has 2 rings (SSSR count). The maximum atomic E-state index is 11.8. The average molecular weight is 311 g/mol. The number of aryl methyl sites for hydroxylation is 1. The van der Waals surface area contributed by atoms with Gasteiger partial charge in [0.15, 0.2) is 0 Å². The number of nitrogens with one attached hydrogen (secondary N) is 1. The van der Waals surface area contributed by atoms with Gasteiger partial charge in [-0.15, -0.1) is 0 Å². The quantitative estimate of drug-likeness (QED) is 0.602. The number of amides is 1. The van der Waals surface area contributed by atoms with Gasteiger partial charge in [0.25, 0.3) is 0 Å². The van der Waals surface area contributed by atoms with E-state index in [4.69, 9.17) is 10.00 Å². The second kappa shape index (κ2) is 8.76. The molecule has 1 N–H and O–H groups in total. The van der Waals surface area contributed by atoms with Crippen molar-refractivity contribution in [2.24, 2.45) is 0 Å². The Hall–Kier alpha value is -2.58. The summed E-state index contributed by atoms with van der Waals surface area (Å²) in [7, 11) is 1.64. The van der Waals surface area contributed by atoms with E-state index in [1.54, 1.807) is 13.2 Å². The second-order valence-corrected chi connectivity index (χ2v) is 5.17. The van der Waals surface area contributed by atoms with Crippen LogP contribution in [0.25, 0.3) is 17.0 Å². The third-order valence-electron chi connectivity index (χ3n) is 3.52. The molecule has 0 bridgehead atoms. The van der Waals surface area contributed by atoms with Crippen molar-refractivity contribution in [2.75, 3.05) is 20.3 Å². The highest BCUT2D eigenvalue weighted by Crippen LogP contribution is 2.22. The molecule has 2 aromatic rings. The van der Waals surface area contributed by atoms with Gasteiger partial charge in [-0.2, -0.15) is 5.26 Å². The first kappa shape index (κ1) is 16.8. The predicted octanol–water partition coefficient (Wildman–Crippen LogP) is 2.72. The Bertz CT molecular complexity index is 725. The van der Waals surface area contributed by atoms with E-state index in [2.05, 4.69) is 16.0 Å². The Morgan fingerprint density at radius 1 is 1.43 bits per heavy atom. The lowest BCUT2D eigenvalue weighted by Crippen LogP contribution is -2.22. The Balaban J connectivity index is 2.09. The molecule has 0 saturated heterocycles. The van der Waals surface area contributed by atoms with E-state index in [0.717, 1.165) is 22.9 Å². The summed E-state index contributed by atoms with van der Waals surface area (Å²) >= 11 is 0. The number of carbonyl (C=O) groups excluding carboxylic acids is 1. The van der Waals surface area contributed by atoms with Gasteiger partial charge < -0.3 is 14.6 Å². The number of methoxy groups -OCH3 is 1. The lowest BCUT2D eigenvalue weighted by Gasteiger charge is -2.00. The van der Waals surface area contributed by atoms with Gasteiger partial charge in [0.2, 0.25) is 5.91 Å². The first-order valence-corrected chi connectivity index (χ1v) is 7.66. The summed E-state index contributed by atoms with van der Waals surface area (Å²) in [4.78, 5) is 11.8. The van der Waals surface area contributed by atoms with Crippen LogP contribution in [0.1, 0.15) is 18.4 Å². The Labute approximate surface area is 136 Å². The number of fused-ring (bicyclic) bond motifs is 1. The van der Waals surface area contributed by atoms with Gasteiger partial charge in [-0.3, -0.25) is 4.79 Å². The van der Waals surface area contributed by atoms with E-state index in [9.17, 15) is 4.79 Å². The largest absolute Gasteiger partial charge is 0.385 e. The molecular weight excluding hydrogens is 290 g/mol. The number of ether oxygens (including phenoxy) is 1. The monoisotopic (exact) mass is 311 g/mol. The van der Waals surface area contributed by atoms with Crippen molar-refractivity contribution < 1.29 is 9.53 Å². The van der Waals surface area contributed by atoms with Gasteiger partial charge in [-0.05, 0) is 18.6 Å².